The molecule has 1 aromatic rings. The topological polar surface area (TPSA) is 29.1 Å². The zero-order valence-electron chi connectivity index (χ0n) is 8.79. The fraction of sp³-hybridized carbons (Fsp3) is 0.417. The van der Waals surface area contributed by atoms with Gasteiger partial charge in [0, 0.05) is 12.5 Å². The second-order valence-electron chi connectivity index (χ2n) is 3.49. The number of hydrogen-bond acceptors (Lipinski definition) is 1. The van der Waals surface area contributed by atoms with Gasteiger partial charge in [0.05, 0.1) is 0 Å². The maximum absolute atomic E-state index is 11.4. The maximum Gasteiger partial charge on any atom is 0.223 e. The third-order valence-electron chi connectivity index (χ3n) is 2.18. The normalized spacial score (nSPS) is 12.1. The van der Waals surface area contributed by atoms with Crippen LogP contribution in [0.1, 0.15) is 19.4 Å². The van der Waals surface area contributed by atoms with Crippen LogP contribution in [-0.2, 0) is 11.2 Å². The number of amides is 1. The van der Waals surface area contributed by atoms with Crippen LogP contribution >= 0.6 is 0 Å². The molecule has 0 aliphatic carbocycles. The summed E-state index contributed by atoms with van der Waals surface area (Å²) in [5, 5.41) is 2.83. The van der Waals surface area contributed by atoms with Gasteiger partial charge in [-0.15, -0.1) is 0 Å². The maximum atomic E-state index is 11.4. The van der Waals surface area contributed by atoms with Gasteiger partial charge in [-0.05, 0) is 18.9 Å². The number of benzene rings is 1. The molecule has 0 aliphatic rings. The molecule has 0 saturated heterocycles. The van der Waals surface area contributed by atoms with Gasteiger partial charge in [0.25, 0.3) is 0 Å². The molecular weight excluding hydrogens is 174 g/mol. The molecule has 0 aromatic heterocycles. The Kier molecular flexibility index (Phi) is 4.17. The Labute approximate surface area is 85.3 Å². The van der Waals surface area contributed by atoms with Crippen molar-refractivity contribution in [1.29, 1.82) is 0 Å². The first-order valence-corrected chi connectivity index (χ1v) is 5.05. The molecule has 0 fully saturated rings. The Hall–Kier alpha value is -1.31. The Morgan fingerprint density at radius 1 is 1.36 bits per heavy atom. The van der Waals surface area contributed by atoms with E-state index < -0.39 is 0 Å². The van der Waals surface area contributed by atoms with Crippen LogP contribution in [0.3, 0.4) is 0 Å². The number of carbonyl (C=O) groups is 1. The van der Waals surface area contributed by atoms with Crippen molar-refractivity contribution in [3.63, 3.8) is 0 Å². The van der Waals surface area contributed by atoms with Crippen LogP contribution in [-0.4, -0.2) is 12.5 Å². The summed E-state index contributed by atoms with van der Waals surface area (Å²) < 4.78 is 0. The third-order valence-corrected chi connectivity index (χ3v) is 2.18. The van der Waals surface area contributed by atoms with Gasteiger partial charge in [0.2, 0.25) is 5.91 Å². The second-order valence-corrected chi connectivity index (χ2v) is 3.49. The predicted octanol–water partition coefficient (Wildman–Crippen LogP) is 2.00. The van der Waals surface area contributed by atoms with E-state index in [2.05, 4.69) is 17.4 Å². The largest absolute Gasteiger partial charge is 0.356 e. The smallest absolute Gasteiger partial charge is 0.223 e. The van der Waals surface area contributed by atoms with Gasteiger partial charge in [-0.3, -0.25) is 4.79 Å². The highest BCUT2D eigenvalue weighted by atomic mass is 16.1. The quantitative estimate of drug-likeness (QED) is 0.775. The van der Waals surface area contributed by atoms with Crippen molar-refractivity contribution in [2.75, 3.05) is 6.54 Å². The first kappa shape index (κ1) is 10.8. The molecule has 76 valence electrons. The summed E-state index contributed by atoms with van der Waals surface area (Å²) in [5.74, 6) is 0.189. The van der Waals surface area contributed by atoms with Gasteiger partial charge in [0.15, 0.2) is 0 Å². The SMILES string of the molecule is CCNC(=O)C(C)Cc1ccccc1. The number of rotatable bonds is 4. The second kappa shape index (κ2) is 5.43. The van der Waals surface area contributed by atoms with Crippen LogP contribution in [0.4, 0.5) is 0 Å². The Morgan fingerprint density at radius 3 is 2.57 bits per heavy atom. The van der Waals surface area contributed by atoms with E-state index in [9.17, 15) is 4.79 Å². The standard InChI is InChI=1S/C12H17NO/c1-3-13-12(14)10(2)9-11-7-5-4-6-8-11/h4-8,10H,3,9H2,1-2H3,(H,13,14). The molecule has 1 aromatic carbocycles. The fourth-order valence-corrected chi connectivity index (χ4v) is 1.41. The average molecular weight is 191 g/mol. The average Bonchev–Trinajstić information content (AvgIpc) is 2.19. The summed E-state index contributed by atoms with van der Waals surface area (Å²) >= 11 is 0. The number of nitrogens with one attached hydrogen (secondary N) is 1. The summed E-state index contributed by atoms with van der Waals surface area (Å²) in [5.41, 5.74) is 1.21. The van der Waals surface area contributed by atoms with Gasteiger partial charge in [-0.25, -0.2) is 0 Å². The molecular formula is C12H17NO. The number of hydrogen-bond donors (Lipinski definition) is 1. The predicted molar refractivity (Wildman–Crippen MR) is 58.0 cm³/mol. The summed E-state index contributed by atoms with van der Waals surface area (Å²) in [7, 11) is 0. The van der Waals surface area contributed by atoms with E-state index in [-0.39, 0.29) is 11.8 Å². The molecule has 0 bridgehead atoms. The molecule has 1 unspecified atom stereocenters. The van der Waals surface area contributed by atoms with E-state index in [0.717, 1.165) is 6.42 Å². The lowest BCUT2D eigenvalue weighted by Crippen LogP contribution is -2.29. The first-order chi connectivity index (χ1) is 6.74. The van der Waals surface area contributed by atoms with Gasteiger partial charge in [-0.2, -0.15) is 0 Å². The zero-order chi connectivity index (χ0) is 10.4. The molecule has 2 heteroatoms. The van der Waals surface area contributed by atoms with Crippen LogP contribution in [0, 0.1) is 5.92 Å². The molecule has 1 rings (SSSR count). The molecule has 0 radical (unpaired) electrons. The van der Waals surface area contributed by atoms with Crippen LogP contribution in [0.25, 0.3) is 0 Å². The summed E-state index contributed by atoms with van der Waals surface area (Å²) in [6.45, 7) is 4.60. The third kappa shape index (κ3) is 3.21. The Balaban J connectivity index is 2.49. The van der Waals surface area contributed by atoms with Crippen molar-refractivity contribution >= 4 is 5.91 Å². The molecule has 0 heterocycles. The van der Waals surface area contributed by atoms with Crippen LogP contribution < -0.4 is 5.32 Å². The van der Waals surface area contributed by atoms with E-state index in [0.29, 0.717) is 6.54 Å². The highest BCUT2D eigenvalue weighted by molar-refractivity contribution is 5.78. The molecule has 1 amide bonds. The summed E-state index contributed by atoms with van der Waals surface area (Å²) in [6.07, 6.45) is 0.812. The lowest BCUT2D eigenvalue weighted by molar-refractivity contribution is -0.124. The van der Waals surface area contributed by atoms with Crippen molar-refractivity contribution in [1.82, 2.24) is 5.32 Å². The molecule has 0 saturated carbocycles. The lowest BCUT2D eigenvalue weighted by Gasteiger charge is -2.10. The van der Waals surface area contributed by atoms with Crippen molar-refractivity contribution in [3.8, 4) is 0 Å². The monoisotopic (exact) mass is 191 g/mol. The van der Waals surface area contributed by atoms with Crippen molar-refractivity contribution in [3.05, 3.63) is 35.9 Å². The van der Waals surface area contributed by atoms with Crippen molar-refractivity contribution < 1.29 is 4.79 Å². The first-order valence-electron chi connectivity index (χ1n) is 5.05. The van der Waals surface area contributed by atoms with Crippen LogP contribution in [0.15, 0.2) is 30.3 Å². The molecule has 2 nitrogen and oxygen atoms in total. The van der Waals surface area contributed by atoms with Crippen LogP contribution in [0.2, 0.25) is 0 Å². The Morgan fingerprint density at radius 2 is 2.00 bits per heavy atom. The molecule has 0 aliphatic heterocycles. The van der Waals surface area contributed by atoms with Gasteiger partial charge >= 0.3 is 0 Å². The van der Waals surface area contributed by atoms with Gasteiger partial charge in [0.1, 0.15) is 0 Å². The van der Waals surface area contributed by atoms with E-state index in [1.165, 1.54) is 5.56 Å². The van der Waals surface area contributed by atoms with E-state index in [1.54, 1.807) is 0 Å². The highest BCUT2D eigenvalue weighted by Crippen LogP contribution is 2.07. The Bertz CT molecular complexity index is 282. The highest BCUT2D eigenvalue weighted by Gasteiger charge is 2.11. The van der Waals surface area contributed by atoms with E-state index >= 15 is 0 Å². The molecule has 1 N–H and O–H groups in total. The zero-order valence-corrected chi connectivity index (χ0v) is 8.79. The molecule has 14 heavy (non-hydrogen) atoms. The van der Waals surface area contributed by atoms with Crippen LogP contribution in [0.5, 0.6) is 0 Å². The molecule has 1 atom stereocenters. The van der Waals surface area contributed by atoms with E-state index in [4.69, 9.17) is 0 Å². The minimum atomic E-state index is 0.0531. The lowest BCUT2D eigenvalue weighted by atomic mass is 10.0. The van der Waals surface area contributed by atoms with Crippen molar-refractivity contribution in [2.24, 2.45) is 5.92 Å². The summed E-state index contributed by atoms with van der Waals surface area (Å²) in [4.78, 5) is 11.4. The fourth-order valence-electron chi connectivity index (χ4n) is 1.41. The van der Waals surface area contributed by atoms with Crippen molar-refractivity contribution in [2.45, 2.75) is 20.3 Å². The van der Waals surface area contributed by atoms with E-state index in [1.807, 2.05) is 32.0 Å². The minimum Gasteiger partial charge on any atom is -0.356 e. The molecule has 0 spiro atoms. The van der Waals surface area contributed by atoms with Gasteiger partial charge in [-0.1, -0.05) is 37.3 Å². The van der Waals surface area contributed by atoms with Gasteiger partial charge < -0.3 is 5.32 Å². The number of carbonyl (C=O) groups excluding carboxylic acids is 1. The summed E-state index contributed by atoms with van der Waals surface area (Å²) in [6, 6.07) is 10.1. The minimum absolute atomic E-state index is 0.0531.